The summed E-state index contributed by atoms with van der Waals surface area (Å²) in [6.45, 7) is 4.35. The first-order chi connectivity index (χ1) is 50.7. The fraction of sp³-hybridized carbons (Fsp3) is 0.624. The fourth-order valence-corrected chi connectivity index (χ4v) is 11.4. The van der Waals surface area contributed by atoms with Crippen LogP contribution >= 0.6 is 15.6 Å². The van der Waals surface area contributed by atoms with Crippen molar-refractivity contribution in [2.75, 3.05) is 39.6 Å². The highest BCUT2D eigenvalue weighted by Gasteiger charge is 2.30. The van der Waals surface area contributed by atoms with Crippen LogP contribution in [0.1, 0.15) is 285 Å². The maximum atomic E-state index is 13.1. The summed E-state index contributed by atoms with van der Waals surface area (Å²) in [6, 6.07) is 0. The highest BCUT2D eigenvalue weighted by molar-refractivity contribution is 7.47. The van der Waals surface area contributed by atoms with Gasteiger partial charge in [0.25, 0.3) is 0 Å². The van der Waals surface area contributed by atoms with Crippen LogP contribution < -0.4 is 0 Å². The molecule has 0 amide bonds. The molecule has 0 saturated heterocycles. The van der Waals surface area contributed by atoms with Crippen LogP contribution in [0.2, 0.25) is 0 Å². The van der Waals surface area contributed by atoms with Crippen molar-refractivity contribution in [1.82, 2.24) is 0 Å². The van der Waals surface area contributed by atoms with Crippen LogP contribution in [0, 0.1) is 0 Å². The van der Waals surface area contributed by atoms with E-state index in [1.54, 1.807) is 0 Å². The Morgan fingerprint density at radius 1 is 0.279 bits per heavy atom. The summed E-state index contributed by atoms with van der Waals surface area (Å²) in [5, 5.41) is 10.6. The molecule has 0 radical (unpaired) electrons. The number of rotatable bonds is 72. The van der Waals surface area contributed by atoms with Gasteiger partial charge < -0.3 is 33.8 Å². The Labute approximate surface area is 629 Å². The lowest BCUT2D eigenvalue weighted by molar-refractivity contribution is -0.161. The summed E-state index contributed by atoms with van der Waals surface area (Å²) >= 11 is 0. The van der Waals surface area contributed by atoms with Gasteiger partial charge in [-0.1, -0.05) is 268 Å². The molecule has 5 atom stereocenters. The summed E-state index contributed by atoms with van der Waals surface area (Å²) < 4.78 is 68.4. The van der Waals surface area contributed by atoms with Crippen molar-refractivity contribution in [1.29, 1.82) is 0 Å². The topological polar surface area (TPSA) is 237 Å². The molecule has 0 aromatic rings. The van der Waals surface area contributed by atoms with Gasteiger partial charge >= 0.3 is 39.5 Å². The van der Waals surface area contributed by atoms with Gasteiger partial charge in [-0.15, -0.1) is 0 Å². The summed E-state index contributed by atoms with van der Waals surface area (Å²) in [6.07, 6.45) is 89.3. The van der Waals surface area contributed by atoms with Crippen LogP contribution in [0.3, 0.4) is 0 Å². The zero-order valence-corrected chi connectivity index (χ0v) is 66.2. The maximum absolute atomic E-state index is 13.1. The molecule has 17 nitrogen and oxygen atoms in total. The first-order valence-corrected chi connectivity index (χ1v) is 42.4. The minimum absolute atomic E-state index is 0.0272. The Kier molecular flexibility index (Phi) is 71.6. The molecule has 0 bridgehead atoms. The zero-order valence-electron chi connectivity index (χ0n) is 64.4. The number of phosphoric acid groups is 2. The number of carbonyl (C=O) groups excluding carboxylic acids is 4. The summed E-state index contributed by atoms with van der Waals surface area (Å²) in [7, 11) is -10.0. The van der Waals surface area contributed by atoms with Gasteiger partial charge in [0, 0.05) is 25.7 Å². The summed E-state index contributed by atoms with van der Waals surface area (Å²) in [5.41, 5.74) is 0. The van der Waals surface area contributed by atoms with Crippen LogP contribution in [-0.2, 0) is 65.4 Å². The molecule has 0 aromatic carbocycles. The third kappa shape index (κ3) is 74.7. The molecule has 3 N–H and O–H groups in total. The molecule has 0 aliphatic rings. The molecule has 19 heteroatoms. The molecule has 0 aliphatic carbocycles. The second-order valence-electron chi connectivity index (χ2n) is 25.5. The van der Waals surface area contributed by atoms with Gasteiger partial charge in [-0.05, 0) is 161 Å². The standard InChI is InChI=1S/C85H138O17P2/c1-5-9-13-17-21-25-29-33-36-38-39-41-43-47-50-54-58-62-66-70-83(88)96-76-81(102-85(90)72-68-64-60-56-52-48-44-40-37-34-30-26-22-18-14-10-6-2)78-100-104(93,94)98-74-79(86)73-97-103(91,92)99-77-80(101-84(89)71-67-63-59-55-51-45-32-28-24-20-16-12-8-4)75-95-82(87)69-65-61-57-53-49-46-42-35-31-27-23-19-15-11-7-3/h9-11,13-15,21-23,25-28,32-37,39,41-42,47,49-50,53,58,62,79-81,86H,5-8,12,16-20,24,29-31,38,40,43-46,48,51-52,54-57,59-61,63-78H2,1-4H3,(H,91,92)(H,93,94)/b13-9-,14-10-,15-11-,25-21-,26-22-,27-23-,32-28-,36-33-,37-34-,41-39-,42-35-,50-47-,53-49-,62-58-. The number of hydrogen-bond donors (Lipinski definition) is 3. The SMILES string of the molecule is CC/C=C\C/C=C\C/C=C\C/C=C\C/C=C\C/C=C\CCC(=O)OCC(COP(=O)(O)OCC(O)COP(=O)(O)OCC(COC(=O)CCCC/C=C\C/C=C\C/C=C\C/C=C\CC)OC(=O)CCCCCCC/C=C\CCCCCC)OC(=O)CCCCCCCCC/C=C\C/C=C\C/C=C\CC. The van der Waals surface area contributed by atoms with Crippen molar-refractivity contribution >= 4 is 39.5 Å². The largest absolute Gasteiger partial charge is 0.472 e. The van der Waals surface area contributed by atoms with E-state index in [9.17, 15) is 43.2 Å². The number of aliphatic hydroxyl groups excluding tert-OH is 1. The van der Waals surface area contributed by atoms with E-state index in [0.717, 1.165) is 173 Å². The van der Waals surface area contributed by atoms with Crippen molar-refractivity contribution < 1.29 is 80.2 Å². The number of ether oxygens (including phenoxy) is 4. The van der Waals surface area contributed by atoms with Crippen LogP contribution in [-0.4, -0.2) is 96.7 Å². The Morgan fingerprint density at radius 3 is 0.856 bits per heavy atom. The summed E-state index contributed by atoms with van der Waals surface area (Å²) in [4.78, 5) is 72.9. The Balaban J connectivity index is 5.48. The maximum Gasteiger partial charge on any atom is 0.472 e. The Bertz CT molecular complexity index is 2640. The number of phosphoric ester groups is 2. The minimum atomic E-state index is -5.01. The quantitative estimate of drug-likeness (QED) is 0.0169. The van der Waals surface area contributed by atoms with E-state index in [1.807, 2.05) is 18.2 Å². The van der Waals surface area contributed by atoms with Crippen LogP contribution in [0.4, 0.5) is 0 Å². The number of carbonyl (C=O) groups is 4. The van der Waals surface area contributed by atoms with Crippen molar-refractivity contribution in [3.05, 3.63) is 170 Å². The molecular weight excluding hydrogens is 1350 g/mol. The molecular formula is C85H138O17P2. The van der Waals surface area contributed by atoms with Crippen molar-refractivity contribution in [3.8, 4) is 0 Å². The van der Waals surface area contributed by atoms with Gasteiger partial charge in [0.05, 0.1) is 26.4 Å². The van der Waals surface area contributed by atoms with Gasteiger partial charge in [0.1, 0.15) is 19.3 Å². The molecule has 0 aliphatic heterocycles. The highest BCUT2D eigenvalue weighted by atomic mass is 31.2. The Hall–Kier alpha value is -5.58. The van der Waals surface area contributed by atoms with E-state index in [1.165, 1.54) is 25.7 Å². The predicted octanol–water partition coefficient (Wildman–Crippen LogP) is 23.0. The number of hydrogen-bond acceptors (Lipinski definition) is 15. The lowest BCUT2D eigenvalue weighted by atomic mass is 10.1. The third-order valence-corrected chi connectivity index (χ3v) is 17.6. The minimum Gasteiger partial charge on any atom is -0.462 e. The monoisotopic (exact) mass is 1490 g/mol. The highest BCUT2D eigenvalue weighted by Crippen LogP contribution is 2.45. The van der Waals surface area contributed by atoms with E-state index < -0.39 is 97.5 Å². The molecule has 0 spiro atoms. The molecule has 590 valence electrons. The molecule has 104 heavy (non-hydrogen) atoms. The van der Waals surface area contributed by atoms with Gasteiger partial charge in [0.2, 0.25) is 0 Å². The molecule has 0 aromatic heterocycles. The van der Waals surface area contributed by atoms with E-state index in [2.05, 4.69) is 180 Å². The molecule has 0 rings (SSSR count). The lowest BCUT2D eigenvalue weighted by Gasteiger charge is -2.21. The summed E-state index contributed by atoms with van der Waals surface area (Å²) in [5.74, 6) is -2.35. The lowest BCUT2D eigenvalue weighted by Crippen LogP contribution is -2.30. The van der Waals surface area contributed by atoms with E-state index in [0.29, 0.717) is 32.1 Å². The van der Waals surface area contributed by atoms with Gasteiger partial charge in [-0.3, -0.25) is 37.3 Å². The number of aliphatic hydroxyl groups is 1. The van der Waals surface area contributed by atoms with Crippen molar-refractivity contribution in [2.24, 2.45) is 0 Å². The molecule has 5 unspecified atom stereocenters. The van der Waals surface area contributed by atoms with E-state index >= 15 is 0 Å². The fourth-order valence-electron chi connectivity index (χ4n) is 9.77. The third-order valence-electron chi connectivity index (χ3n) is 15.7. The van der Waals surface area contributed by atoms with Crippen molar-refractivity contribution in [3.63, 3.8) is 0 Å². The number of unbranched alkanes of at least 4 members (excludes halogenated alkanes) is 18. The average Bonchev–Trinajstić information content (AvgIpc) is 0.911. The van der Waals surface area contributed by atoms with Gasteiger partial charge in [-0.2, -0.15) is 0 Å². The first-order valence-electron chi connectivity index (χ1n) is 39.4. The van der Waals surface area contributed by atoms with E-state index in [-0.39, 0.29) is 25.7 Å². The van der Waals surface area contributed by atoms with E-state index in [4.69, 9.17) is 37.0 Å². The smallest absolute Gasteiger partial charge is 0.462 e. The zero-order chi connectivity index (χ0) is 76.0. The second-order valence-corrected chi connectivity index (χ2v) is 28.4. The molecule has 0 fully saturated rings. The van der Waals surface area contributed by atoms with Gasteiger partial charge in [0.15, 0.2) is 12.2 Å². The predicted molar refractivity (Wildman–Crippen MR) is 426 cm³/mol. The van der Waals surface area contributed by atoms with Gasteiger partial charge in [-0.25, -0.2) is 9.13 Å². The first kappa shape index (κ1) is 98.4. The van der Waals surface area contributed by atoms with Crippen LogP contribution in [0.5, 0.6) is 0 Å². The molecule has 0 saturated carbocycles. The second kappa shape index (κ2) is 75.6. The normalized spacial score (nSPS) is 14.8. The molecule has 0 heterocycles. The number of esters is 4. The Morgan fingerprint density at radius 2 is 0.519 bits per heavy atom. The van der Waals surface area contributed by atoms with Crippen LogP contribution in [0.15, 0.2) is 170 Å². The number of allylic oxidation sites excluding steroid dienone is 28. The van der Waals surface area contributed by atoms with Crippen molar-refractivity contribution in [2.45, 2.75) is 303 Å². The average molecular weight is 1490 g/mol. The van der Waals surface area contributed by atoms with Crippen LogP contribution in [0.25, 0.3) is 0 Å².